The third-order valence-corrected chi connectivity index (χ3v) is 3.38. The standard InChI is InChI=1S/C18H20F2N2O2/c1-12(21)9-10-22-18(23)17(13-5-3-2-4-6-13)24-14-7-8-15(19)16(20)11-14/h2-8,11-12,17H,9-10,21H2,1H3,(H,22,23). The van der Waals surface area contributed by atoms with Gasteiger partial charge in [-0.15, -0.1) is 0 Å². The van der Waals surface area contributed by atoms with Crippen molar-refractivity contribution in [1.29, 1.82) is 0 Å². The first kappa shape index (κ1) is 17.9. The molecular formula is C18H20F2N2O2. The molecule has 0 radical (unpaired) electrons. The van der Waals surface area contributed by atoms with Gasteiger partial charge in [-0.1, -0.05) is 30.3 Å². The number of benzene rings is 2. The van der Waals surface area contributed by atoms with Crippen LogP contribution in [0.25, 0.3) is 0 Å². The van der Waals surface area contributed by atoms with Crippen molar-refractivity contribution in [3.8, 4) is 5.75 Å². The summed E-state index contributed by atoms with van der Waals surface area (Å²) in [5.74, 6) is -2.30. The average Bonchev–Trinajstić information content (AvgIpc) is 2.56. The first-order valence-electron chi connectivity index (χ1n) is 7.67. The molecule has 0 aliphatic carbocycles. The van der Waals surface area contributed by atoms with E-state index in [-0.39, 0.29) is 17.7 Å². The van der Waals surface area contributed by atoms with Gasteiger partial charge in [0.15, 0.2) is 11.6 Å². The smallest absolute Gasteiger partial charge is 0.265 e. The molecule has 0 fully saturated rings. The number of carbonyl (C=O) groups excluding carboxylic acids is 1. The maximum Gasteiger partial charge on any atom is 0.265 e. The van der Waals surface area contributed by atoms with Crippen LogP contribution >= 0.6 is 0 Å². The number of hydrogen-bond acceptors (Lipinski definition) is 3. The van der Waals surface area contributed by atoms with Crippen molar-refractivity contribution in [1.82, 2.24) is 5.32 Å². The van der Waals surface area contributed by atoms with E-state index in [0.717, 1.165) is 12.1 Å². The normalized spacial score (nSPS) is 13.2. The van der Waals surface area contributed by atoms with Crippen molar-refractivity contribution in [2.24, 2.45) is 5.73 Å². The lowest BCUT2D eigenvalue weighted by Gasteiger charge is -2.19. The van der Waals surface area contributed by atoms with Crippen LogP contribution in [-0.2, 0) is 4.79 Å². The van der Waals surface area contributed by atoms with Crippen LogP contribution in [0.15, 0.2) is 48.5 Å². The third-order valence-electron chi connectivity index (χ3n) is 3.38. The van der Waals surface area contributed by atoms with E-state index in [1.54, 1.807) is 24.3 Å². The summed E-state index contributed by atoms with van der Waals surface area (Å²) in [5.41, 5.74) is 6.27. The zero-order chi connectivity index (χ0) is 17.5. The lowest BCUT2D eigenvalue weighted by molar-refractivity contribution is -0.128. The van der Waals surface area contributed by atoms with Gasteiger partial charge in [0, 0.05) is 24.2 Å². The lowest BCUT2D eigenvalue weighted by atomic mass is 10.1. The molecule has 2 aromatic rings. The molecule has 0 bridgehead atoms. The first-order chi connectivity index (χ1) is 11.5. The number of nitrogens with two attached hydrogens (primary N) is 1. The molecule has 2 atom stereocenters. The highest BCUT2D eigenvalue weighted by Crippen LogP contribution is 2.24. The molecule has 1 amide bonds. The second-order valence-corrected chi connectivity index (χ2v) is 5.54. The third kappa shape index (κ3) is 5.03. The monoisotopic (exact) mass is 334 g/mol. The van der Waals surface area contributed by atoms with Crippen molar-refractivity contribution in [2.45, 2.75) is 25.5 Å². The summed E-state index contributed by atoms with van der Waals surface area (Å²) in [4.78, 5) is 12.4. The zero-order valence-corrected chi connectivity index (χ0v) is 13.3. The Labute approximate surface area is 139 Å². The molecule has 0 heterocycles. The van der Waals surface area contributed by atoms with Crippen LogP contribution < -0.4 is 15.8 Å². The topological polar surface area (TPSA) is 64.3 Å². The maximum absolute atomic E-state index is 13.4. The van der Waals surface area contributed by atoms with E-state index < -0.39 is 17.7 Å². The van der Waals surface area contributed by atoms with Gasteiger partial charge in [0.05, 0.1) is 0 Å². The number of ether oxygens (including phenoxy) is 1. The molecule has 3 N–H and O–H groups in total. The fraction of sp³-hybridized carbons (Fsp3) is 0.278. The summed E-state index contributed by atoms with van der Waals surface area (Å²) in [7, 11) is 0. The van der Waals surface area contributed by atoms with Crippen LogP contribution in [0, 0.1) is 11.6 Å². The van der Waals surface area contributed by atoms with Gasteiger partial charge < -0.3 is 15.8 Å². The zero-order valence-electron chi connectivity index (χ0n) is 13.3. The van der Waals surface area contributed by atoms with Crippen molar-refractivity contribution in [2.75, 3.05) is 6.54 Å². The molecule has 0 aliphatic heterocycles. The van der Waals surface area contributed by atoms with E-state index in [1.165, 1.54) is 6.07 Å². The average molecular weight is 334 g/mol. The molecular weight excluding hydrogens is 314 g/mol. The van der Waals surface area contributed by atoms with Gasteiger partial charge in [0.25, 0.3) is 5.91 Å². The Balaban J connectivity index is 2.16. The maximum atomic E-state index is 13.4. The van der Waals surface area contributed by atoms with E-state index in [4.69, 9.17) is 10.5 Å². The van der Waals surface area contributed by atoms with Crippen molar-refractivity contribution >= 4 is 5.91 Å². The molecule has 0 aromatic heterocycles. The van der Waals surface area contributed by atoms with Crippen LogP contribution in [0.2, 0.25) is 0 Å². The molecule has 2 rings (SSSR count). The van der Waals surface area contributed by atoms with Crippen LogP contribution in [0.5, 0.6) is 5.75 Å². The largest absolute Gasteiger partial charge is 0.476 e. The summed E-state index contributed by atoms with van der Waals surface area (Å²) < 4.78 is 32.0. The summed E-state index contributed by atoms with van der Waals surface area (Å²) >= 11 is 0. The fourth-order valence-corrected chi connectivity index (χ4v) is 2.10. The van der Waals surface area contributed by atoms with Gasteiger partial charge in [-0.3, -0.25) is 4.79 Å². The van der Waals surface area contributed by atoms with Gasteiger partial charge in [-0.2, -0.15) is 0 Å². The summed E-state index contributed by atoms with van der Waals surface area (Å²) in [6, 6.07) is 11.9. The van der Waals surface area contributed by atoms with Gasteiger partial charge in [0.2, 0.25) is 6.10 Å². The Morgan fingerprint density at radius 2 is 1.88 bits per heavy atom. The minimum atomic E-state index is -1.03. The minimum Gasteiger partial charge on any atom is -0.476 e. The fourth-order valence-electron chi connectivity index (χ4n) is 2.10. The van der Waals surface area contributed by atoms with Gasteiger partial charge in [-0.05, 0) is 25.5 Å². The van der Waals surface area contributed by atoms with Gasteiger partial charge >= 0.3 is 0 Å². The van der Waals surface area contributed by atoms with E-state index in [1.807, 2.05) is 13.0 Å². The first-order valence-corrected chi connectivity index (χ1v) is 7.67. The minimum absolute atomic E-state index is 0.0346. The molecule has 0 spiro atoms. The number of halogens is 2. The second kappa shape index (κ2) is 8.40. The highest BCUT2D eigenvalue weighted by Gasteiger charge is 2.22. The highest BCUT2D eigenvalue weighted by atomic mass is 19.2. The van der Waals surface area contributed by atoms with E-state index >= 15 is 0 Å². The molecule has 2 aromatic carbocycles. The lowest BCUT2D eigenvalue weighted by Crippen LogP contribution is -2.35. The molecule has 6 heteroatoms. The number of amides is 1. The highest BCUT2D eigenvalue weighted by molar-refractivity contribution is 5.82. The Morgan fingerprint density at radius 1 is 1.17 bits per heavy atom. The number of rotatable bonds is 7. The summed E-state index contributed by atoms with van der Waals surface area (Å²) in [6.07, 6.45) is -0.345. The predicted octanol–water partition coefficient (Wildman–Crippen LogP) is 2.94. The van der Waals surface area contributed by atoms with E-state index in [9.17, 15) is 13.6 Å². The number of carbonyl (C=O) groups is 1. The van der Waals surface area contributed by atoms with E-state index in [2.05, 4.69) is 5.32 Å². The summed E-state index contributed by atoms with van der Waals surface area (Å²) in [6.45, 7) is 2.25. The van der Waals surface area contributed by atoms with Crippen LogP contribution in [0.3, 0.4) is 0 Å². The van der Waals surface area contributed by atoms with Gasteiger partial charge in [-0.25, -0.2) is 8.78 Å². The van der Waals surface area contributed by atoms with Crippen molar-refractivity contribution in [3.05, 3.63) is 65.7 Å². The molecule has 0 saturated carbocycles. The van der Waals surface area contributed by atoms with Crippen LogP contribution in [0.4, 0.5) is 8.78 Å². The number of hydrogen-bond donors (Lipinski definition) is 2. The second-order valence-electron chi connectivity index (χ2n) is 5.54. The molecule has 2 unspecified atom stereocenters. The molecule has 0 saturated heterocycles. The van der Waals surface area contributed by atoms with Crippen LogP contribution in [0.1, 0.15) is 25.0 Å². The number of nitrogens with one attached hydrogen (secondary N) is 1. The van der Waals surface area contributed by atoms with Gasteiger partial charge in [0.1, 0.15) is 5.75 Å². The molecule has 24 heavy (non-hydrogen) atoms. The Hall–Kier alpha value is -2.47. The van der Waals surface area contributed by atoms with Crippen molar-refractivity contribution < 1.29 is 18.3 Å². The molecule has 4 nitrogen and oxygen atoms in total. The quantitative estimate of drug-likeness (QED) is 0.818. The van der Waals surface area contributed by atoms with Crippen LogP contribution in [-0.4, -0.2) is 18.5 Å². The molecule has 0 aliphatic rings. The summed E-state index contributed by atoms with van der Waals surface area (Å²) in [5, 5.41) is 2.75. The Bertz CT molecular complexity index is 678. The Kier molecular flexibility index (Phi) is 6.26. The predicted molar refractivity (Wildman–Crippen MR) is 87.4 cm³/mol. The molecule has 128 valence electrons. The van der Waals surface area contributed by atoms with Crippen molar-refractivity contribution in [3.63, 3.8) is 0 Å². The SMILES string of the molecule is CC(N)CCNC(=O)C(Oc1ccc(F)c(F)c1)c1ccccc1. The Morgan fingerprint density at radius 3 is 2.50 bits per heavy atom. The van der Waals surface area contributed by atoms with E-state index in [0.29, 0.717) is 18.5 Å².